The molecular formula is C27H27ClN6O4. The Labute approximate surface area is 223 Å². The molecule has 3 heterocycles. The Morgan fingerprint density at radius 2 is 1.95 bits per heavy atom. The number of nitrogen functional groups attached to an aromatic ring is 1. The minimum atomic E-state index is -0.833. The van der Waals surface area contributed by atoms with E-state index in [9.17, 15) is 5.11 Å². The zero-order valence-corrected chi connectivity index (χ0v) is 21.6. The summed E-state index contributed by atoms with van der Waals surface area (Å²) in [7, 11) is 0. The molecule has 0 bridgehead atoms. The van der Waals surface area contributed by atoms with Crippen molar-refractivity contribution in [2.75, 3.05) is 11.1 Å². The second kappa shape index (κ2) is 10.3. The molecule has 0 radical (unpaired) electrons. The average Bonchev–Trinajstić information content (AvgIpc) is 3.56. The number of nitrogens with one attached hydrogen (secondary N) is 1. The Balaban J connectivity index is 0.000000689. The molecule has 10 nitrogen and oxygen atoms in total. The Morgan fingerprint density at radius 3 is 2.63 bits per heavy atom. The van der Waals surface area contributed by atoms with Crippen LogP contribution in [-0.4, -0.2) is 41.8 Å². The summed E-state index contributed by atoms with van der Waals surface area (Å²) in [6.45, 7) is 3.02. The van der Waals surface area contributed by atoms with Crippen LogP contribution in [0.1, 0.15) is 37.8 Å². The van der Waals surface area contributed by atoms with E-state index in [1.165, 1.54) is 6.33 Å². The van der Waals surface area contributed by atoms with Crippen molar-refractivity contribution in [2.45, 2.75) is 45.3 Å². The summed E-state index contributed by atoms with van der Waals surface area (Å²) in [5.41, 5.74) is 12.2. The third-order valence-electron chi connectivity index (χ3n) is 6.50. The Hall–Kier alpha value is -4.15. The minimum Gasteiger partial charge on any atom is -0.481 e. The summed E-state index contributed by atoms with van der Waals surface area (Å²) in [5.74, 6) is -0.389. The number of carboxylic acids is 1. The van der Waals surface area contributed by atoms with E-state index < -0.39 is 5.97 Å². The molecule has 6 rings (SSSR count). The minimum absolute atomic E-state index is 0.192. The van der Waals surface area contributed by atoms with Crippen LogP contribution in [0.5, 0.6) is 0 Å². The topological polar surface area (TPSA) is 152 Å². The van der Waals surface area contributed by atoms with Crippen molar-refractivity contribution < 1.29 is 19.4 Å². The molecule has 1 fully saturated rings. The molecule has 0 aliphatic heterocycles. The fraction of sp³-hybridized carbons (Fsp3) is 0.259. The maximum Gasteiger partial charge on any atom is 0.300 e. The number of oxazole rings is 1. The number of aliphatic hydroxyl groups excluding tert-OH is 1. The number of aromatic nitrogens is 4. The van der Waals surface area contributed by atoms with Crippen molar-refractivity contribution in [3.8, 4) is 11.1 Å². The van der Waals surface area contributed by atoms with Gasteiger partial charge in [0.25, 0.3) is 12.0 Å². The summed E-state index contributed by atoms with van der Waals surface area (Å²) in [6, 6.07) is 12.2. The van der Waals surface area contributed by atoms with Crippen LogP contribution in [0.4, 0.5) is 17.5 Å². The van der Waals surface area contributed by atoms with Gasteiger partial charge in [-0.1, -0.05) is 23.7 Å². The number of aliphatic carboxylic acids is 1. The van der Waals surface area contributed by atoms with Crippen LogP contribution >= 0.6 is 11.6 Å². The van der Waals surface area contributed by atoms with Gasteiger partial charge in [-0.05, 0) is 61.6 Å². The number of aryl methyl sites for hydroxylation is 1. The van der Waals surface area contributed by atoms with E-state index in [0.29, 0.717) is 34.4 Å². The lowest BCUT2D eigenvalue weighted by Gasteiger charge is -2.12. The summed E-state index contributed by atoms with van der Waals surface area (Å²) < 4.78 is 8.01. The number of halogens is 1. The van der Waals surface area contributed by atoms with Gasteiger partial charge in [0.05, 0.1) is 11.5 Å². The van der Waals surface area contributed by atoms with E-state index in [1.807, 2.05) is 37.3 Å². The molecule has 2 aromatic carbocycles. The molecular weight excluding hydrogens is 508 g/mol. The van der Waals surface area contributed by atoms with Gasteiger partial charge in [0.1, 0.15) is 23.3 Å². The van der Waals surface area contributed by atoms with Gasteiger partial charge in [-0.15, -0.1) is 0 Å². The number of carbonyl (C=O) groups is 1. The molecule has 5 aromatic rings. The maximum atomic E-state index is 10.0. The second-order valence-electron chi connectivity index (χ2n) is 9.34. The van der Waals surface area contributed by atoms with Crippen LogP contribution in [0.15, 0.2) is 53.3 Å². The van der Waals surface area contributed by atoms with E-state index in [1.54, 1.807) is 6.07 Å². The van der Waals surface area contributed by atoms with Crippen molar-refractivity contribution in [2.24, 2.45) is 0 Å². The number of rotatable bonds is 4. The molecule has 196 valence electrons. The lowest BCUT2D eigenvalue weighted by molar-refractivity contribution is -0.134. The number of anilines is 3. The quantitative estimate of drug-likeness (QED) is 0.227. The molecule has 3 aromatic heterocycles. The second-order valence-corrected chi connectivity index (χ2v) is 9.78. The Kier molecular flexibility index (Phi) is 6.92. The lowest BCUT2D eigenvalue weighted by Crippen LogP contribution is -2.07. The molecule has 38 heavy (non-hydrogen) atoms. The van der Waals surface area contributed by atoms with E-state index in [4.69, 9.17) is 31.7 Å². The van der Waals surface area contributed by atoms with E-state index in [2.05, 4.69) is 31.0 Å². The first kappa shape index (κ1) is 25.5. The van der Waals surface area contributed by atoms with Gasteiger partial charge in [0.15, 0.2) is 5.58 Å². The number of fused-ring (bicyclic) bond motifs is 2. The third kappa shape index (κ3) is 5.13. The van der Waals surface area contributed by atoms with Gasteiger partial charge in [-0.3, -0.25) is 4.79 Å². The predicted molar refractivity (Wildman–Crippen MR) is 147 cm³/mol. The first-order valence-electron chi connectivity index (χ1n) is 12.1. The summed E-state index contributed by atoms with van der Waals surface area (Å²) >= 11 is 6.14. The normalized spacial score (nSPS) is 16.9. The summed E-state index contributed by atoms with van der Waals surface area (Å²) in [6.07, 6.45) is 5.71. The van der Waals surface area contributed by atoms with Crippen LogP contribution in [-0.2, 0) is 4.79 Å². The van der Waals surface area contributed by atoms with Gasteiger partial charge in [-0.25, -0.2) is 9.97 Å². The smallest absolute Gasteiger partial charge is 0.300 e. The summed E-state index contributed by atoms with van der Waals surface area (Å²) in [4.78, 5) is 22.2. The van der Waals surface area contributed by atoms with Crippen molar-refractivity contribution in [1.29, 1.82) is 0 Å². The van der Waals surface area contributed by atoms with Gasteiger partial charge in [-0.2, -0.15) is 4.98 Å². The van der Waals surface area contributed by atoms with Crippen LogP contribution in [0.25, 0.3) is 33.3 Å². The molecule has 0 saturated heterocycles. The molecule has 2 atom stereocenters. The number of hydrogen-bond acceptors (Lipinski definition) is 8. The highest BCUT2D eigenvalue weighted by Gasteiger charge is 2.27. The Bertz CT molecular complexity index is 1620. The number of hydrogen-bond donors (Lipinski definition) is 4. The Morgan fingerprint density at radius 1 is 1.21 bits per heavy atom. The summed E-state index contributed by atoms with van der Waals surface area (Å²) in [5, 5.41) is 22.1. The monoisotopic (exact) mass is 534 g/mol. The van der Waals surface area contributed by atoms with Gasteiger partial charge >= 0.3 is 0 Å². The predicted octanol–water partition coefficient (Wildman–Crippen LogP) is 5.70. The molecule has 0 unspecified atom stereocenters. The molecule has 0 spiro atoms. The standard InChI is InChI=1S/C25H23ClN6O2.C2H4O2/c1-13-8-15(26)9-20-22(13)34-25(31-20)30-16-4-2-14(3-5-16)19-11-32(17-6-7-18(33)10-17)24-21(19)23(27)28-12-29-24;1-2(3)4/h2-5,8-9,11-12,17-18,33H,6-7,10H2,1H3,(H,30,31)(H2,27,28,29);1H3,(H,3,4)/t17-,18+;/m1./s1. The van der Waals surface area contributed by atoms with Crippen molar-refractivity contribution >= 4 is 57.2 Å². The van der Waals surface area contributed by atoms with Crippen LogP contribution in [0.2, 0.25) is 5.02 Å². The fourth-order valence-corrected chi connectivity index (χ4v) is 5.13. The SMILES string of the molecule is CC(=O)O.Cc1cc(Cl)cc2nc(Nc3ccc(-c4cn([C@@H]5CC[C@H](O)C5)c5ncnc(N)c45)cc3)oc12. The molecule has 0 amide bonds. The fourth-order valence-electron chi connectivity index (χ4n) is 4.86. The molecule has 11 heteroatoms. The average molecular weight is 535 g/mol. The van der Waals surface area contributed by atoms with Gasteiger partial charge < -0.3 is 30.2 Å². The first-order chi connectivity index (χ1) is 18.2. The molecule has 1 saturated carbocycles. The van der Waals surface area contributed by atoms with Crippen molar-refractivity contribution in [3.63, 3.8) is 0 Å². The molecule has 1 aliphatic rings. The number of carboxylic acid groups (broad SMARTS) is 1. The van der Waals surface area contributed by atoms with E-state index >= 15 is 0 Å². The highest BCUT2D eigenvalue weighted by molar-refractivity contribution is 6.31. The number of benzene rings is 2. The highest BCUT2D eigenvalue weighted by atomic mass is 35.5. The number of nitrogens with two attached hydrogens (primary N) is 1. The largest absolute Gasteiger partial charge is 0.481 e. The van der Waals surface area contributed by atoms with Gasteiger partial charge in [0, 0.05) is 35.4 Å². The first-order valence-corrected chi connectivity index (χ1v) is 12.5. The van der Waals surface area contributed by atoms with E-state index in [0.717, 1.165) is 53.2 Å². The van der Waals surface area contributed by atoms with Crippen LogP contribution in [0, 0.1) is 6.92 Å². The molecule has 5 N–H and O–H groups in total. The van der Waals surface area contributed by atoms with Crippen molar-refractivity contribution in [3.05, 3.63) is 59.5 Å². The van der Waals surface area contributed by atoms with Crippen LogP contribution in [0.3, 0.4) is 0 Å². The third-order valence-corrected chi connectivity index (χ3v) is 6.72. The maximum absolute atomic E-state index is 10.0. The number of nitrogens with zero attached hydrogens (tertiary/aromatic N) is 4. The highest BCUT2D eigenvalue weighted by Crippen LogP contribution is 2.39. The molecule has 1 aliphatic carbocycles. The van der Waals surface area contributed by atoms with Crippen LogP contribution < -0.4 is 11.1 Å². The van der Waals surface area contributed by atoms with E-state index in [-0.39, 0.29) is 12.1 Å². The van der Waals surface area contributed by atoms with Gasteiger partial charge in [0.2, 0.25) is 0 Å². The zero-order valence-electron chi connectivity index (χ0n) is 20.8. The lowest BCUT2D eigenvalue weighted by atomic mass is 10.1. The zero-order chi connectivity index (χ0) is 27.0. The van der Waals surface area contributed by atoms with Crippen molar-refractivity contribution in [1.82, 2.24) is 19.5 Å². The number of aliphatic hydroxyl groups is 1.